The summed E-state index contributed by atoms with van der Waals surface area (Å²) >= 11 is 1.33. The van der Waals surface area contributed by atoms with E-state index in [1.165, 1.54) is 30.2 Å². The smallest absolute Gasteiger partial charge is 0.262 e. The molecule has 0 unspecified atom stereocenters. The van der Waals surface area contributed by atoms with Gasteiger partial charge in [0.05, 0.1) is 16.7 Å². The molecule has 5 nitrogen and oxygen atoms in total. The second-order valence-electron chi connectivity index (χ2n) is 8.31. The molecule has 0 radical (unpaired) electrons. The number of amides is 1. The summed E-state index contributed by atoms with van der Waals surface area (Å²) in [5, 5.41) is 4.20. The zero-order valence-electron chi connectivity index (χ0n) is 17.0. The van der Waals surface area contributed by atoms with Gasteiger partial charge >= 0.3 is 0 Å². The molecule has 3 rings (SSSR count). The van der Waals surface area contributed by atoms with Gasteiger partial charge < -0.3 is 5.32 Å². The minimum absolute atomic E-state index is 0.0271. The maximum atomic E-state index is 13.1. The van der Waals surface area contributed by atoms with Crippen LogP contribution in [0.2, 0.25) is 0 Å². The van der Waals surface area contributed by atoms with Crippen LogP contribution in [0.5, 0.6) is 0 Å². The molecule has 0 fully saturated rings. The molecule has 6 heteroatoms. The van der Waals surface area contributed by atoms with Crippen molar-refractivity contribution >= 4 is 28.6 Å². The average Bonchev–Trinajstić information content (AvgIpc) is 2.65. The number of benzene rings is 1. The van der Waals surface area contributed by atoms with Gasteiger partial charge in [0.1, 0.15) is 0 Å². The molecule has 0 aliphatic heterocycles. The first-order valence-corrected chi connectivity index (χ1v) is 10.9. The Morgan fingerprint density at radius 3 is 2.75 bits per heavy atom. The van der Waals surface area contributed by atoms with E-state index in [1.54, 1.807) is 4.57 Å². The van der Waals surface area contributed by atoms with E-state index in [1.807, 2.05) is 45.0 Å². The molecule has 0 atom stereocenters. The van der Waals surface area contributed by atoms with Crippen LogP contribution in [-0.2, 0) is 11.3 Å². The number of fused-ring (bicyclic) bond motifs is 1. The largest absolute Gasteiger partial charge is 0.351 e. The molecule has 1 aliphatic rings. The van der Waals surface area contributed by atoms with Crippen LogP contribution in [0.15, 0.2) is 45.9 Å². The lowest BCUT2D eigenvalue weighted by Gasteiger charge is -2.20. The number of hydrogen-bond acceptors (Lipinski definition) is 4. The van der Waals surface area contributed by atoms with Crippen molar-refractivity contribution in [3.8, 4) is 0 Å². The lowest BCUT2D eigenvalue weighted by molar-refractivity contribution is -0.119. The molecule has 1 heterocycles. The molecule has 28 heavy (non-hydrogen) atoms. The zero-order chi connectivity index (χ0) is 20.1. The number of hydrogen-bond donors (Lipinski definition) is 1. The van der Waals surface area contributed by atoms with Gasteiger partial charge in [-0.15, -0.1) is 0 Å². The fourth-order valence-corrected chi connectivity index (χ4v) is 4.25. The second-order valence-corrected chi connectivity index (χ2v) is 9.26. The van der Waals surface area contributed by atoms with Crippen LogP contribution >= 0.6 is 11.8 Å². The van der Waals surface area contributed by atoms with Crippen molar-refractivity contribution in [3.63, 3.8) is 0 Å². The summed E-state index contributed by atoms with van der Waals surface area (Å²) in [5.74, 6) is 0.187. The van der Waals surface area contributed by atoms with Crippen molar-refractivity contribution in [1.29, 1.82) is 0 Å². The summed E-state index contributed by atoms with van der Waals surface area (Å²) < 4.78 is 1.74. The van der Waals surface area contributed by atoms with Gasteiger partial charge in [-0.2, -0.15) is 0 Å². The van der Waals surface area contributed by atoms with Crippen LogP contribution in [0, 0.1) is 0 Å². The summed E-state index contributed by atoms with van der Waals surface area (Å²) in [4.78, 5) is 30.0. The topological polar surface area (TPSA) is 64.0 Å². The number of para-hydroxylation sites is 1. The number of thioether (sulfide) groups is 1. The molecular formula is C22H29N3O2S. The van der Waals surface area contributed by atoms with E-state index < -0.39 is 0 Å². The summed E-state index contributed by atoms with van der Waals surface area (Å²) in [6.45, 7) is 6.47. The normalized spacial score (nSPS) is 14.8. The third kappa shape index (κ3) is 5.47. The van der Waals surface area contributed by atoms with Crippen molar-refractivity contribution in [2.45, 2.75) is 70.1 Å². The molecular weight excluding hydrogens is 370 g/mol. The van der Waals surface area contributed by atoms with Crippen molar-refractivity contribution < 1.29 is 4.79 Å². The molecule has 1 aromatic heterocycles. The summed E-state index contributed by atoms with van der Waals surface area (Å²) in [6.07, 6.45) is 7.91. The summed E-state index contributed by atoms with van der Waals surface area (Å²) in [5.41, 5.74) is 1.80. The van der Waals surface area contributed by atoms with E-state index in [0.29, 0.717) is 22.6 Å². The lowest BCUT2D eigenvalue weighted by Crippen LogP contribution is -2.41. The van der Waals surface area contributed by atoms with Crippen LogP contribution in [-0.4, -0.2) is 26.8 Å². The molecule has 2 aromatic rings. The molecule has 1 N–H and O–H groups in total. The Kier molecular flexibility index (Phi) is 6.60. The zero-order valence-corrected chi connectivity index (χ0v) is 17.8. The van der Waals surface area contributed by atoms with Gasteiger partial charge in [-0.1, -0.05) is 35.5 Å². The molecule has 0 saturated carbocycles. The van der Waals surface area contributed by atoms with E-state index in [0.717, 1.165) is 19.3 Å². The van der Waals surface area contributed by atoms with E-state index in [-0.39, 0.29) is 22.8 Å². The predicted molar refractivity (Wildman–Crippen MR) is 116 cm³/mol. The van der Waals surface area contributed by atoms with Gasteiger partial charge in [0.2, 0.25) is 5.91 Å². The van der Waals surface area contributed by atoms with Crippen LogP contribution in [0.1, 0.15) is 52.9 Å². The average molecular weight is 400 g/mol. The van der Waals surface area contributed by atoms with Crippen molar-refractivity contribution in [1.82, 2.24) is 14.9 Å². The third-order valence-corrected chi connectivity index (χ3v) is 5.69. The number of nitrogens with zero attached hydrogens (tertiary/aromatic N) is 2. The molecule has 0 saturated heterocycles. The van der Waals surface area contributed by atoms with Crippen LogP contribution in [0.4, 0.5) is 0 Å². The van der Waals surface area contributed by atoms with Crippen molar-refractivity contribution in [3.05, 3.63) is 46.3 Å². The van der Waals surface area contributed by atoms with E-state index in [4.69, 9.17) is 4.98 Å². The van der Waals surface area contributed by atoms with Gasteiger partial charge in [-0.3, -0.25) is 14.2 Å². The number of nitrogens with one attached hydrogen (secondary N) is 1. The second kappa shape index (κ2) is 8.95. The van der Waals surface area contributed by atoms with Crippen molar-refractivity contribution in [2.24, 2.45) is 0 Å². The maximum absolute atomic E-state index is 13.1. The van der Waals surface area contributed by atoms with E-state index >= 15 is 0 Å². The van der Waals surface area contributed by atoms with Crippen LogP contribution in [0.25, 0.3) is 10.9 Å². The minimum Gasteiger partial charge on any atom is -0.351 e. The molecule has 0 spiro atoms. The van der Waals surface area contributed by atoms with Crippen molar-refractivity contribution in [2.75, 3.05) is 5.75 Å². The Morgan fingerprint density at radius 2 is 2.04 bits per heavy atom. The number of allylic oxidation sites excluding steroid dienone is 2. The fourth-order valence-electron chi connectivity index (χ4n) is 3.43. The van der Waals surface area contributed by atoms with E-state index in [2.05, 4.69) is 11.4 Å². The van der Waals surface area contributed by atoms with Crippen LogP contribution in [0.3, 0.4) is 0 Å². The van der Waals surface area contributed by atoms with E-state index in [9.17, 15) is 9.59 Å². The van der Waals surface area contributed by atoms with Crippen LogP contribution < -0.4 is 10.9 Å². The first-order chi connectivity index (χ1) is 13.3. The highest BCUT2D eigenvalue weighted by molar-refractivity contribution is 7.99. The van der Waals surface area contributed by atoms with Gasteiger partial charge in [0.25, 0.3) is 5.56 Å². The highest BCUT2D eigenvalue weighted by atomic mass is 32.2. The first kappa shape index (κ1) is 20.6. The number of aromatic nitrogens is 2. The number of carbonyl (C=O) groups is 1. The highest BCUT2D eigenvalue weighted by Gasteiger charge is 2.17. The fraction of sp³-hybridized carbons (Fsp3) is 0.500. The maximum Gasteiger partial charge on any atom is 0.262 e. The molecule has 1 amide bonds. The Morgan fingerprint density at radius 1 is 1.25 bits per heavy atom. The highest BCUT2D eigenvalue weighted by Crippen LogP contribution is 2.23. The molecule has 0 bridgehead atoms. The SMILES string of the molecule is CC(C)(C)NC(=O)CSc1nc2ccccc2c(=O)n1CCC1=CCCCC1. The third-order valence-electron chi connectivity index (χ3n) is 4.71. The number of rotatable bonds is 6. The van der Waals surface area contributed by atoms with Gasteiger partial charge in [-0.25, -0.2) is 4.98 Å². The Hall–Kier alpha value is -2.08. The first-order valence-electron chi connectivity index (χ1n) is 9.95. The standard InChI is InChI=1S/C22H29N3O2S/c1-22(2,3)24-19(26)15-28-21-23-18-12-8-7-11-17(18)20(27)25(21)14-13-16-9-5-4-6-10-16/h7-9,11-12H,4-6,10,13-15H2,1-3H3,(H,24,26). The predicted octanol–water partition coefficient (Wildman–Crippen LogP) is 4.29. The lowest BCUT2D eigenvalue weighted by atomic mass is 9.97. The Balaban J connectivity index is 1.84. The summed E-state index contributed by atoms with van der Waals surface area (Å²) in [7, 11) is 0. The Labute approximate surface area is 170 Å². The molecule has 1 aliphatic carbocycles. The molecule has 150 valence electrons. The Bertz CT molecular complexity index is 941. The van der Waals surface area contributed by atoms with Gasteiger partial charge in [-0.05, 0) is 65.0 Å². The number of carbonyl (C=O) groups excluding carboxylic acids is 1. The monoisotopic (exact) mass is 399 g/mol. The van der Waals surface area contributed by atoms with Gasteiger partial charge in [0.15, 0.2) is 5.16 Å². The summed E-state index contributed by atoms with van der Waals surface area (Å²) in [6, 6.07) is 7.42. The van der Waals surface area contributed by atoms with Gasteiger partial charge in [0, 0.05) is 12.1 Å². The molecule has 1 aromatic carbocycles. The minimum atomic E-state index is -0.276. The quantitative estimate of drug-likeness (QED) is 0.447.